The minimum atomic E-state index is -1.43. The van der Waals surface area contributed by atoms with Crippen LogP contribution in [-0.2, 0) is 4.74 Å². The Balaban J connectivity index is 2.53. The molecule has 5 heteroatoms. The lowest BCUT2D eigenvalue weighted by atomic mass is 10.2. The SMILES string of the molecule is CC(C)(C)OC(=O)N1CC(O)CC1F. The molecule has 1 heterocycles. The highest BCUT2D eigenvalue weighted by atomic mass is 19.1. The molecular formula is C9H16FNO3. The molecule has 0 radical (unpaired) electrons. The molecule has 0 saturated carbocycles. The van der Waals surface area contributed by atoms with Gasteiger partial charge >= 0.3 is 6.09 Å². The van der Waals surface area contributed by atoms with Gasteiger partial charge in [0.25, 0.3) is 0 Å². The molecule has 0 aromatic rings. The predicted molar refractivity (Wildman–Crippen MR) is 48.5 cm³/mol. The number of alkyl halides is 1. The van der Waals surface area contributed by atoms with E-state index in [-0.39, 0.29) is 13.0 Å². The van der Waals surface area contributed by atoms with E-state index in [4.69, 9.17) is 9.84 Å². The number of carbonyl (C=O) groups excluding carboxylic acids is 1. The van der Waals surface area contributed by atoms with Gasteiger partial charge < -0.3 is 9.84 Å². The van der Waals surface area contributed by atoms with Crippen molar-refractivity contribution in [1.29, 1.82) is 0 Å². The summed E-state index contributed by atoms with van der Waals surface area (Å²) in [4.78, 5) is 12.3. The molecule has 0 bridgehead atoms. The molecule has 1 aliphatic heterocycles. The molecular weight excluding hydrogens is 189 g/mol. The fraction of sp³-hybridized carbons (Fsp3) is 0.889. The lowest BCUT2D eigenvalue weighted by molar-refractivity contribution is 0.00795. The summed E-state index contributed by atoms with van der Waals surface area (Å²) < 4.78 is 18.1. The van der Waals surface area contributed by atoms with Gasteiger partial charge in [-0.2, -0.15) is 0 Å². The van der Waals surface area contributed by atoms with Crippen LogP contribution in [0.2, 0.25) is 0 Å². The fourth-order valence-corrected chi connectivity index (χ4v) is 1.28. The normalized spacial score (nSPS) is 27.9. The lowest BCUT2D eigenvalue weighted by Gasteiger charge is -2.25. The van der Waals surface area contributed by atoms with Crippen molar-refractivity contribution in [3.63, 3.8) is 0 Å². The van der Waals surface area contributed by atoms with Crippen LogP contribution < -0.4 is 0 Å². The molecule has 14 heavy (non-hydrogen) atoms. The van der Waals surface area contributed by atoms with Crippen LogP contribution in [0.4, 0.5) is 9.18 Å². The average molecular weight is 205 g/mol. The molecule has 82 valence electrons. The quantitative estimate of drug-likeness (QED) is 0.606. The molecule has 1 N–H and O–H groups in total. The Labute approximate surface area is 82.6 Å². The number of aliphatic hydroxyl groups is 1. The number of β-amino-alcohol motifs (C(OH)–C–C–N with tert-alkyl or cyclic N) is 1. The second-order valence-corrected chi connectivity index (χ2v) is 4.46. The summed E-state index contributed by atoms with van der Waals surface area (Å²) in [5.74, 6) is 0. The molecule has 0 aliphatic carbocycles. The Morgan fingerprint density at radius 3 is 2.50 bits per heavy atom. The highest BCUT2D eigenvalue weighted by molar-refractivity contribution is 5.68. The van der Waals surface area contributed by atoms with Crippen molar-refractivity contribution in [3.8, 4) is 0 Å². The van der Waals surface area contributed by atoms with E-state index in [0.717, 1.165) is 4.90 Å². The third kappa shape index (κ3) is 2.83. The first-order valence-electron chi connectivity index (χ1n) is 4.61. The van der Waals surface area contributed by atoms with E-state index in [9.17, 15) is 9.18 Å². The summed E-state index contributed by atoms with van der Waals surface area (Å²) >= 11 is 0. The molecule has 1 rings (SSSR count). The number of halogens is 1. The maximum absolute atomic E-state index is 13.1. The lowest BCUT2D eigenvalue weighted by Crippen LogP contribution is -2.38. The molecule has 0 spiro atoms. The van der Waals surface area contributed by atoms with E-state index in [1.54, 1.807) is 20.8 Å². The average Bonchev–Trinajstić information content (AvgIpc) is 2.26. The van der Waals surface area contributed by atoms with Gasteiger partial charge in [0.1, 0.15) is 5.60 Å². The van der Waals surface area contributed by atoms with Crippen molar-refractivity contribution in [1.82, 2.24) is 4.90 Å². The largest absolute Gasteiger partial charge is 0.444 e. The number of hydrogen-bond donors (Lipinski definition) is 1. The Hall–Kier alpha value is -0.840. The summed E-state index contributed by atoms with van der Waals surface area (Å²) in [6.07, 6.45) is -2.95. The van der Waals surface area contributed by atoms with E-state index in [2.05, 4.69) is 0 Å². The zero-order chi connectivity index (χ0) is 10.9. The van der Waals surface area contributed by atoms with Crippen molar-refractivity contribution in [2.75, 3.05) is 6.54 Å². The monoisotopic (exact) mass is 205 g/mol. The van der Waals surface area contributed by atoms with Crippen molar-refractivity contribution in [2.45, 2.75) is 45.2 Å². The summed E-state index contributed by atoms with van der Waals surface area (Å²) in [6.45, 7) is 5.15. The van der Waals surface area contributed by atoms with Crippen LogP contribution in [0.5, 0.6) is 0 Å². The second kappa shape index (κ2) is 3.73. The minimum absolute atomic E-state index is 0.0100. The molecule has 1 fully saturated rings. The van der Waals surface area contributed by atoms with E-state index in [1.807, 2.05) is 0 Å². The van der Waals surface area contributed by atoms with E-state index < -0.39 is 24.1 Å². The Bertz CT molecular complexity index is 227. The van der Waals surface area contributed by atoms with Gasteiger partial charge in [0, 0.05) is 6.42 Å². The minimum Gasteiger partial charge on any atom is -0.444 e. The number of carbonyl (C=O) groups is 1. The first-order chi connectivity index (χ1) is 6.29. The Kier molecular flexibility index (Phi) is 2.99. The number of hydrogen-bond acceptors (Lipinski definition) is 3. The van der Waals surface area contributed by atoms with E-state index >= 15 is 0 Å². The summed E-state index contributed by atoms with van der Waals surface area (Å²) in [7, 11) is 0. The number of amides is 1. The third-order valence-electron chi connectivity index (χ3n) is 1.84. The molecule has 4 nitrogen and oxygen atoms in total. The first kappa shape index (κ1) is 11.2. The van der Waals surface area contributed by atoms with Gasteiger partial charge in [0.05, 0.1) is 12.6 Å². The van der Waals surface area contributed by atoms with E-state index in [1.165, 1.54) is 0 Å². The summed E-state index contributed by atoms with van der Waals surface area (Å²) in [5, 5.41) is 9.13. The van der Waals surface area contributed by atoms with Crippen LogP contribution in [-0.4, -0.2) is 40.6 Å². The van der Waals surface area contributed by atoms with Crippen molar-refractivity contribution < 1.29 is 19.0 Å². The highest BCUT2D eigenvalue weighted by Crippen LogP contribution is 2.21. The molecule has 0 aromatic heterocycles. The van der Waals surface area contributed by atoms with Crippen LogP contribution in [0.15, 0.2) is 0 Å². The van der Waals surface area contributed by atoms with Crippen molar-refractivity contribution >= 4 is 6.09 Å². The predicted octanol–water partition coefficient (Wildman–Crippen LogP) is 1.28. The first-order valence-corrected chi connectivity index (χ1v) is 4.61. The van der Waals surface area contributed by atoms with Gasteiger partial charge in [-0.15, -0.1) is 0 Å². The fourth-order valence-electron chi connectivity index (χ4n) is 1.28. The van der Waals surface area contributed by atoms with Gasteiger partial charge in [-0.1, -0.05) is 0 Å². The molecule has 2 atom stereocenters. The Morgan fingerprint density at radius 1 is 1.57 bits per heavy atom. The number of ether oxygens (including phenoxy) is 1. The number of rotatable bonds is 0. The molecule has 1 aliphatic rings. The molecule has 0 aromatic carbocycles. The van der Waals surface area contributed by atoms with Gasteiger partial charge in [0.15, 0.2) is 6.30 Å². The summed E-state index contributed by atoms with van der Waals surface area (Å²) in [5.41, 5.74) is -0.635. The van der Waals surface area contributed by atoms with Gasteiger partial charge in [-0.25, -0.2) is 9.18 Å². The van der Waals surface area contributed by atoms with E-state index in [0.29, 0.717) is 0 Å². The maximum Gasteiger partial charge on any atom is 0.412 e. The third-order valence-corrected chi connectivity index (χ3v) is 1.84. The van der Waals surface area contributed by atoms with Crippen molar-refractivity contribution in [2.24, 2.45) is 0 Å². The Morgan fingerprint density at radius 2 is 2.14 bits per heavy atom. The van der Waals surface area contributed by atoms with Crippen LogP contribution in [0.25, 0.3) is 0 Å². The van der Waals surface area contributed by atoms with Crippen molar-refractivity contribution in [3.05, 3.63) is 0 Å². The van der Waals surface area contributed by atoms with Gasteiger partial charge in [0.2, 0.25) is 0 Å². The maximum atomic E-state index is 13.1. The number of likely N-dealkylation sites (tertiary alicyclic amines) is 1. The highest BCUT2D eigenvalue weighted by Gasteiger charge is 2.36. The summed E-state index contributed by atoms with van der Waals surface area (Å²) in [6, 6.07) is 0. The molecule has 1 saturated heterocycles. The topological polar surface area (TPSA) is 49.8 Å². The zero-order valence-electron chi connectivity index (χ0n) is 8.66. The number of nitrogens with zero attached hydrogens (tertiary/aromatic N) is 1. The molecule has 2 unspecified atom stereocenters. The van der Waals surface area contributed by atoms with Crippen LogP contribution in [0.3, 0.4) is 0 Å². The van der Waals surface area contributed by atoms with Crippen LogP contribution >= 0.6 is 0 Å². The van der Waals surface area contributed by atoms with Gasteiger partial charge in [-0.05, 0) is 20.8 Å². The smallest absolute Gasteiger partial charge is 0.412 e. The molecule has 1 amide bonds. The number of aliphatic hydroxyl groups excluding tert-OH is 1. The standard InChI is InChI=1S/C9H16FNO3/c1-9(2,3)14-8(13)11-5-6(12)4-7(11)10/h6-7,12H,4-5H2,1-3H3. The van der Waals surface area contributed by atoms with Crippen LogP contribution in [0.1, 0.15) is 27.2 Å². The van der Waals surface area contributed by atoms with Gasteiger partial charge in [-0.3, -0.25) is 4.90 Å². The second-order valence-electron chi connectivity index (χ2n) is 4.46. The van der Waals surface area contributed by atoms with Crippen LogP contribution in [0, 0.1) is 0 Å². The zero-order valence-corrected chi connectivity index (χ0v) is 8.66.